The Morgan fingerprint density at radius 2 is 1.96 bits per heavy atom. The van der Waals surface area contributed by atoms with Gasteiger partial charge in [0.25, 0.3) is 0 Å². The first-order valence-electron chi connectivity index (χ1n) is 11.4. The van der Waals surface area contributed by atoms with Gasteiger partial charge in [0, 0.05) is 6.61 Å². The molecule has 3 nitrogen and oxygen atoms in total. The van der Waals surface area contributed by atoms with Crippen LogP contribution in [0.4, 0.5) is 0 Å². The summed E-state index contributed by atoms with van der Waals surface area (Å²) in [6.45, 7) is 10.1. The van der Waals surface area contributed by atoms with Gasteiger partial charge in [-0.2, -0.15) is 0 Å². The molecule has 3 saturated carbocycles. The molecule has 4 aliphatic rings. The van der Waals surface area contributed by atoms with E-state index in [2.05, 4.69) is 19.9 Å². The number of allylic oxidation sites excluding steroid dienone is 2. The van der Waals surface area contributed by atoms with Crippen molar-refractivity contribution < 1.29 is 14.9 Å². The Labute approximate surface area is 165 Å². The van der Waals surface area contributed by atoms with Crippen LogP contribution in [0, 0.1) is 34.5 Å². The van der Waals surface area contributed by atoms with Crippen LogP contribution in [-0.2, 0) is 4.74 Å². The van der Waals surface area contributed by atoms with Crippen molar-refractivity contribution >= 4 is 0 Å². The third-order valence-corrected chi connectivity index (χ3v) is 9.41. The topological polar surface area (TPSA) is 49.7 Å². The predicted octanol–water partition coefficient (Wildman–Crippen LogP) is 4.71. The van der Waals surface area contributed by atoms with Gasteiger partial charge in [0.15, 0.2) is 0 Å². The van der Waals surface area contributed by atoms with Crippen molar-refractivity contribution in [1.82, 2.24) is 0 Å². The molecule has 2 N–H and O–H groups in total. The summed E-state index contributed by atoms with van der Waals surface area (Å²) in [5.41, 5.74) is 1.62. The fraction of sp³-hybridized carbons (Fsp3) is 0.917. The van der Waals surface area contributed by atoms with E-state index in [1.54, 1.807) is 5.57 Å². The molecule has 3 heteroatoms. The smallest absolute Gasteiger partial charge is 0.0883 e. The molecular formula is C24H40O3. The Bertz CT molecular complexity index is 598. The number of aliphatic hydroxyl groups is 2. The number of ether oxygens (including phenoxy) is 1. The number of hydrogen-bond donors (Lipinski definition) is 2. The second-order valence-electron chi connectivity index (χ2n) is 10.8. The Hall–Kier alpha value is -0.380. The van der Waals surface area contributed by atoms with Crippen LogP contribution in [0.3, 0.4) is 0 Å². The maximum atomic E-state index is 11.1. The van der Waals surface area contributed by atoms with Crippen LogP contribution in [0.5, 0.6) is 0 Å². The van der Waals surface area contributed by atoms with Crippen molar-refractivity contribution in [3.8, 4) is 0 Å². The lowest BCUT2D eigenvalue weighted by molar-refractivity contribution is -0.113. The van der Waals surface area contributed by atoms with Gasteiger partial charge in [0.1, 0.15) is 0 Å². The molecule has 0 radical (unpaired) electrons. The Morgan fingerprint density at radius 1 is 1.19 bits per heavy atom. The lowest BCUT2D eigenvalue weighted by Crippen LogP contribution is -2.53. The number of fused-ring (bicyclic) bond motifs is 5. The Balaban J connectivity index is 1.58. The maximum absolute atomic E-state index is 11.1. The van der Waals surface area contributed by atoms with E-state index in [0.717, 1.165) is 31.6 Å². The van der Waals surface area contributed by atoms with Crippen molar-refractivity contribution in [2.75, 3.05) is 13.2 Å². The van der Waals surface area contributed by atoms with Gasteiger partial charge >= 0.3 is 0 Å². The quantitative estimate of drug-likeness (QED) is 0.698. The summed E-state index contributed by atoms with van der Waals surface area (Å²) in [6.07, 6.45) is 11.3. The molecule has 0 spiro atoms. The second-order valence-corrected chi connectivity index (χ2v) is 10.8. The first kappa shape index (κ1) is 19.9. The predicted molar refractivity (Wildman–Crippen MR) is 108 cm³/mol. The standard InChI is InChI=1S/C24H40O3/c1-5-27-15-24(26)13-12-22(3)17(14-24)6-7-18-20-9-8-19(16(2)25)23(20,4)11-10-21(18)22/h10,16-20,25-26H,5-9,11-15H2,1-4H3/t16-,17-,18-,19+,20-,22-,23+,24+/m0/s1. The lowest BCUT2D eigenvalue weighted by atomic mass is 9.47. The molecule has 0 heterocycles. The summed E-state index contributed by atoms with van der Waals surface area (Å²) in [6, 6.07) is 0. The van der Waals surface area contributed by atoms with E-state index in [1.165, 1.54) is 25.7 Å². The van der Waals surface area contributed by atoms with E-state index in [1.807, 2.05) is 13.8 Å². The monoisotopic (exact) mass is 376 g/mol. The van der Waals surface area contributed by atoms with E-state index in [-0.39, 0.29) is 16.9 Å². The van der Waals surface area contributed by atoms with Gasteiger partial charge in [0.05, 0.1) is 18.3 Å². The van der Waals surface area contributed by atoms with E-state index < -0.39 is 5.60 Å². The highest BCUT2D eigenvalue weighted by molar-refractivity contribution is 5.29. The number of rotatable bonds is 4. The average Bonchev–Trinajstić information content (AvgIpc) is 2.98. The molecule has 0 saturated heterocycles. The molecule has 0 aliphatic heterocycles. The molecule has 3 fully saturated rings. The summed E-state index contributed by atoms with van der Waals surface area (Å²) in [5, 5.41) is 21.4. The fourth-order valence-corrected chi connectivity index (χ4v) is 7.85. The van der Waals surface area contributed by atoms with Crippen LogP contribution in [0.1, 0.15) is 79.1 Å². The molecule has 4 aliphatic carbocycles. The van der Waals surface area contributed by atoms with Gasteiger partial charge in [0.2, 0.25) is 0 Å². The van der Waals surface area contributed by atoms with E-state index in [9.17, 15) is 10.2 Å². The largest absolute Gasteiger partial charge is 0.393 e. The highest BCUT2D eigenvalue weighted by atomic mass is 16.5. The van der Waals surface area contributed by atoms with E-state index in [4.69, 9.17) is 4.74 Å². The minimum atomic E-state index is -0.623. The summed E-state index contributed by atoms with van der Waals surface area (Å²) < 4.78 is 5.61. The number of aliphatic hydroxyl groups excluding tert-OH is 1. The van der Waals surface area contributed by atoms with Gasteiger partial charge < -0.3 is 14.9 Å². The van der Waals surface area contributed by atoms with Crippen LogP contribution in [-0.4, -0.2) is 35.1 Å². The normalized spacial score (nSPS) is 50.4. The summed E-state index contributed by atoms with van der Waals surface area (Å²) in [4.78, 5) is 0. The fourth-order valence-electron chi connectivity index (χ4n) is 7.85. The minimum absolute atomic E-state index is 0.190. The first-order valence-corrected chi connectivity index (χ1v) is 11.4. The molecule has 0 unspecified atom stereocenters. The molecular weight excluding hydrogens is 336 g/mol. The zero-order valence-electron chi connectivity index (χ0n) is 17.8. The average molecular weight is 377 g/mol. The van der Waals surface area contributed by atoms with Gasteiger partial charge in [-0.15, -0.1) is 0 Å². The highest BCUT2D eigenvalue weighted by Crippen LogP contribution is 2.66. The van der Waals surface area contributed by atoms with Gasteiger partial charge in [-0.3, -0.25) is 0 Å². The van der Waals surface area contributed by atoms with Gasteiger partial charge in [-0.1, -0.05) is 25.5 Å². The van der Waals surface area contributed by atoms with Crippen LogP contribution < -0.4 is 0 Å². The molecule has 4 rings (SSSR count). The van der Waals surface area contributed by atoms with Crippen LogP contribution in [0.25, 0.3) is 0 Å². The Morgan fingerprint density at radius 3 is 2.67 bits per heavy atom. The molecule has 27 heavy (non-hydrogen) atoms. The van der Waals surface area contributed by atoms with E-state index >= 15 is 0 Å². The van der Waals surface area contributed by atoms with E-state index in [0.29, 0.717) is 31.0 Å². The summed E-state index contributed by atoms with van der Waals surface area (Å²) in [7, 11) is 0. The van der Waals surface area contributed by atoms with Crippen LogP contribution in [0.15, 0.2) is 11.6 Å². The zero-order chi connectivity index (χ0) is 19.4. The molecule has 0 amide bonds. The third-order valence-electron chi connectivity index (χ3n) is 9.41. The van der Waals surface area contributed by atoms with Crippen molar-refractivity contribution in [2.45, 2.75) is 90.8 Å². The second kappa shape index (κ2) is 6.85. The molecule has 8 atom stereocenters. The molecule has 0 aromatic carbocycles. The Kier molecular flexibility index (Phi) is 5.05. The number of hydrogen-bond acceptors (Lipinski definition) is 3. The molecule has 154 valence electrons. The van der Waals surface area contributed by atoms with Gasteiger partial charge in [-0.05, 0) is 99.7 Å². The molecule has 0 aromatic heterocycles. The molecule has 0 aromatic rings. The highest BCUT2D eigenvalue weighted by Gasteiger charge is 2.58. The minimum Gasteiger partial charge on any atom is -0.393 e. The van der Waals surface area contributed by atoms with Crippen molar-refractivity contribution in [3.05, 3.63) is 11.6 Å². The summed E-state index contributed by atoms with van der Waals surface area (Å²) in [5.74, 6) is 2.47. The third kappa shape index (κ3) is 3.04. The maximum Gasteiger partial charge on any atom is 0.0883 e. The van der Waals surface area contributed by atoms with Gasteiger partial charge in [-0.25, -0.2) is 0 Å². The lowest BCUT2D eigenvalue weighted by Gasteiger charge is -2.58. The first-order chi connectivity index (χ1) is 12.7. The van der Waals surface area contributed by atoms with Crippen LogP contribution >= 0.6 is 0 Å². The van der Waals surface area contributed by atoms with Crippen molar-refractivity contribution in [3.63, 3.8) is 0 Å². The zero-order valence-corrected chi connectivity index (χ0v) is 17.8. The summed E-state index contributed by atoms with van der Waals surface area (Å²) >= 11 is 0. The van der Waals surface area contributed by atoms with Crippen molar-refractivity contribution in [1.29, 1.82) is 0 Å². The SMILES string of the molecule is CCOC[C@@]1(O)CC[C@]2(C)C3=CC[C@]4(C)[C@@H]([C@H](C)O)CC[C@H]4[C@@H]3CC[C@H]2C1. The molecule has 0 bridgehead atoms. The van der Waals surface area contributed by atoms with Crippen LogP contribution in [0.2, 0.25) is 0 Å². The van der Waals surface area contributed by atoms with Crippen molar-refractivity contribution in [2.24, 2.45) is 34.5 Å².